The Morgan fingerprint density at radius 2 is 1.85 bits per heavy atom. The van der Waals surface area contributed by atoms with Gasteiger partial charge in [0.25, 0.3) is 0 Å². The van der Waals surface area contributed by atoms with Gasteiger partial charge in [0.05, 0.1) is 21.3 Å². The molecule has 0 bridgehead atoms. The second kappa shape index (κ2) is 5.36. The van der Waals surface area contributed by atoms with E-state index in [1.54, 1.807) is 12.3 Å². The Labute approximate surface area is 129 Å². The zero-order valence-electron chi connectivity index (χ0n) is 10.0. The summed E-state index contributed by atoms with van der Waals surface area (Å²) in [7, 11) is 0. The molecule has 20 heavy (non-hydrogen) atoms. The number of hydrogen-bond acceptors (Lipinski definition) is 5. The minimum Gasteiger partial charge on any atom is -0.375 e. The van der Waals surface area contributed by atoms with Crippen LogP contribution in [0.5, 0.6) is 0 Å². The van der Waals surface area contributed by atoms with E-state index in [1.807, 2.05) is 24.3 Å². The van der Waals surface area contributed by atoms with Crippen LogP contribution in [0.1, 0.15) is 0 Å². The number of rotatable bonds is 2. The first-order valence-electron chi connectivity index (χ1n) is 5.65. The van der Waals surface area contributed by atoms with Crippen LogP contribution in [-0.2, 0) is 0 Å². The molecular weight excluding hydrogens is 315 g/mol. The van der Waals surface area contributed by atoms with E-state index in [9.17, 15) is 0 Å². The van der Waals surface area contributed by atoms with Gasteiger partial charge in [0, 0.05) is 11.8 Å². The lowest BCUT2D eigenvalue weighted by atomic mass is 10.1. The van der Waals surface area contributed by atoms with Crippen LogP contribution in [0.3, 0.4) is 0 Å². The number of hydrogen-bond donors (Lipinski definition) is 1. The molecule has 0 radical (unpaired) electrons. The normalized spacial score (nSPS) is 10.7. The topological polar surface area (TPSA) is 64.7 Å². The standard InChI is InChI=1S/C13H8Cl2N4S/c14-8-4-2-1-3-7(8)10-11(20-13(16)19-10)9-5-6-17-12(15)18-9/h1-6H,(H2,16,19). The molecule has 2 heterocycles. The lowest BCUT2D eigenvalue weighted by Crippen LogP contribution is -1.88. The van der Waals surface area contributed by atoms with E-state index >= 15 is 0 Å². The Morgan fingerprint density at radius 3 is 2.60 bits per heavy atom. The van der Waals surface area contributed by atoms with Crippen molar-refractivity contribution < 1.29 is 0 Å². The average Bonchev–Trinajstić information content (AvgIpc) is 2.81. The van der Waals surface area contributed by atoms with Gasteiger partial charge in [0.1, 0.15) is 0 Å². The molecule has 1 aromatic carbocycles. The second-order valence-corrected chi connectivity index (χ2v) is 5.70. The minimum atomic E-state index is 0.180. The fourth-order valence-electron chi connectivity index (χ4n) is 1.81. The van der Waals surface area contributed by atoms with Crippen molar-refractivity contribution in [2.24, 2.45) is 0 Å². The minimum absolute atomic E-state index is 0.180. The van der Waals surface area contributed by atoms with Crippen LogP contribution < -0.4 is 5.73 Å². The third kappa shape index (κ3) is 2.47. The first-order valence-corrected chi connectivity index (χ1v) is 7.22. The van der Waals surface area contributed by atoms with Crippen LogP contribution in [0.25, 0.3) is 21.8 Å². The third-order valence-corrected chi connectivity index (χ3v) is 4.05. The molecule has 0 amide bonds. The summed E-state index contributed by atoms with van der Waals surface area (Å²) in [4.78, 5) is 13.2. The monoisotopic (exact) mass is 322 g/mol. The molecular formula is C13H8Cl2N4S. The lowest BCUT2D eigenvalue weighted by molar-refractivity contribution is 1.18. The van der Waals surface area contributed by atoms with Crippen LogP contribution in [0, 0.1) is 0 Å². The molecule has 0 unspecified atom stereocenters. The van der Waals surface area contributed by atoms with Gasteiger partial charge in [-0.05, 0) is 23.7 Å². The van der Waals surface area contributed by atoms with Gasteiger partial charge in [0.2, 0.25) is 5.28 Å². The molecule has 2 aromatic heterocycles. The van der Waals surface area contributed by atoms with Crippen LogP contribution in [0.15, 0.2) is 36.5 Å². The third-order valence-electron chi connectivity index (χ3n) is 2.63. The molecule has 7 heteroatoms. The smallest absolute Gasteiger partial charge is 0.222 e. The van der Waals surface area contributed by atoms with Crippen molar-refractivity contribution in [2.75, 3.05) is 5.73 Å². The molecule has 2 N–H and O–H groups in total. The second-order valence-electron chi connectivity index (χ2n) is 3.92. The number of benzene rings is 1. The highest BCUT2D eigenvalue weighted by Crippen LogP contribution is 2.39. The molecule has 3 aromatic rings. The molecule has 3 rings (SSSR count). The summed E-state index contributed by atoms with van der Waals surface area (Å²) >= 11 is 13.4. The zero-order chi connectivity index (χ0) is 14.1. The molecule has 0 aliphatic rings. The molecule has 0 fully saturated rings. The number of nitrogens with two attached hydrogens (primary N) is 1. The van der Waals surface area contributed by atoms with Crippen molar-refractivity contribution in [1.82, 2.24) is 15.0 Å². The van der Waals surface area contributed by atoms with Crippen LogP contribution in [0.2, 0.25) is 10.3 Å². The largest absolute Gasteiger partial charge is 0.375 e. The van der Waals surface area contributed by atoms with Gasteiger partial charge in [-0.15, -0.1) is 0 Å². The molecule has 0 atom stereocenters. The lowest BCUT2D eigenvalue weighted by Gasteiger charge is -2.04. The Bertz CT molecular complexity index is 773. The quantitative estimate of drug-likeness (QED) is 0.719. The van der Waals surface area contributed by atoms with Crippen molar-refractivity contribution >= 4 is 39.7 Å². The summed E-state index contributed by atoms with van der Waals surface area (Å²) in [5.74, 6) is 0. The highest BCUT2D eigenvalue weighted by atomic mass is 35.5. The summed E-state index contributed by atoms with van der Waals surface area (Å²) in [6, 6.07) is 9.22. The van der Waals surface area contributed by atoms with Gasteiger partial charge in [-0.25, -0.2) is 15.0 Å². The van der Waals surface area contributed by atoms with Gasteiger partial charge >= 0.3 is 0 Å². The first-order chi connectivity index (χ1) is 9.65. The van der Waals surface area contributed by atoms with Crippen molar-refractivity contribution in [3.63, 3.8) is 0 Å². The Hall–Kier alpha value is -1.69. The number of thiazole rings is 1. The van der Waals surface area contributed by atoms with E-state index in [1.165, 1.54) is 11.3 Å². The number of halogens is 2. The maximum absolute atomic E-state index is 6.22. The van der Waals surface area contributed by atoms with Crippen molar-refractivity contribution in [2.45, 2.75) is 0 Å². The molecule has 0 saturated heterocycles. The van der Waals surface area contributed by atoms with Gasteiger partial charge in [-0.3, -0.25) is 0 Å². The van der Waals surface area contributed by atoms with Crippen LogP contribution in [0.4, 0.5) is 5.13 Å². The van der Waals surface area contributed by atoms with E-state index < -0.39 is 0 Å². The highest BCUT2D eigenvalue weighted by molar-refractivity contribution is 7.19. The van der Waals surface area contributed by atoms with E-state index in [0.29, 0.717) is 21.5 Å². The van der Waals surface area contributed by atoms with Crippen molar-refractivity contribution in [3.8, 4) is 21.8 Å². The molecule has 0 aliphatic carbocycles. The zero-order valence-corrected chi connectivity index (χ0v) is 12.4. The Morgan fingerprint density at radius 1 is 1.05 bits per heavy atom. The molecule has 0 spiro atoms. The predicted octanol–water partition coefficient (Wildman–Crippen LogP) is 4.16. The SMILES string of the molecule is Nc1nc(-c2ccccc2Cl)c(-c2ccnc(Cl)n2)s1. The summed E-state index contributed by atoms with van der Waals surface area (Å²) in [6.45, 7) is 0. The number of nitrogens with zero attached hydrogens (tertiary/aromatic N) is 3. The maximum Gasteiger partial charge on any atom is 0.222 e. The van der Waals surface area contributed by atoms with Crippen molar-refractivity contribution in [1.29, 1.82) is 0 Å². The van der Waals surface area contributed by atoms with E-state index in [4.69, 9.17) is 28.9 Å². The molecule has 4 nitrogen and oxygen atoms in total. The Balaban J connectivity index is 2.21. The number of aromatic nitrogens is 3. The van der Waals surface area contributed by atoms with Crippen LogP contribution in [-0.4, -0.2) is 15.0 Å². The summed E-state index contributed by atoms with van der Waals surface area (Å²) < 4.78 is 0. The number of nitrogen functional groups attached to an aromatic ring is 1. The maximum atomic E-state index is 6.22. The fraction of sp³-hybridized carbons (Fsp3) is 0. The van der Waals surface area contributed by atoms with Gasteiger partial charge in [-0.2, -0.15) is 0 Å². The number of anilines is 1. The molecule has 0 saturated carbocycles. The fourth-order valence-corrected chi connectivity index (χ4v) is 3.00. The van der Waals surface area contributed by atoms with Crippen LogP contribution >= 0.6 is 34.5 Å². The summed E-state index contributed by atoms with van der Waals surface area (Å²) in [6.07, 6.45) is 1.59. The van der Waals surface area contributed by atoms with Gasteiger partial charge in [0.15, 0.2) is 5.13 Å². The summed E-state index contributed by atoms with van der Waals surface area (Å²) in [5, 5.41) is 1.24. The predicted molar refractivity (Wildman–Crippen MR) is 83.0 cm³/mol. The van der Waals surface area contributed by atoms with E-state index in [0.717, 1.165) is 10.4 Å². The van der Waals surface area contributed by atoms with E-state index in [-0.39, 0.29) is 5.28 Å². The summed E-state index contributed by atoms with van der Waals surface area (Å²) in [5.41, 5.74) is 8.02. The Kier molecular flexibility index (Phi) is 3.56. The van der Waals surface area contributed by atoms with E-state index in [2.05, 4.69) is 15.0 Å². The van der Waals surface area contributed by atoms with Gasteiger partial charge in [-0.1, -0.05) is 41.1 Å². The van der Waals surface area contributed by atoms with Crippen molar-refractivity contribution in [3.05, 3.63) is 46.8 Å². The van der Waals surface area contributed by atoms with Gasteiger partial charge < -0.3 is 5.73 Å². The first kappa shape index (κ1) is 13.3. The average molecular weight is 323 g/mol. The molecule has 0 aliphatic heterocycles. The molecule has 100 valence electrons. The highest BCUT2D eigenvalue weighted by Gasteiger charge is 2.17.